The number of ketones is 2. The van der Waals surface area contributed by atoms with E-state index in [2.05, 4.69) is 31.0 Å². The highest BCUT2D eigenvalue weighted by Crippen LogP contribution is 2.30. The minimum absolute atomic E-state index is 0.138. The molecule has 0 atom stereocenters. The van der Waals surface area contributed by atoms with Crippen LogP contribution >= 0.6 is 0 Å². The Morgan fingerprint density at radius 2 is 1.62 bits per heavy atom. The zero-order valence-electron chi connectivity index (χ0n) is 12.2. The summed E-state index contributed by atoms with van der Waals surface area (Å²) in [5.74, 6) is -0.423. The first-order valence-electron chi connectivity index (χ1n) is 6.83. The normalized spacial score (nSPS) is 14.5. The summed E-state index contributed by atoms with van der Waals surface area (Å²) >= 11 is 0. The van der Waals surface area contributed by atoms with Gasteiger partial charge in [0.1, 0.15) is 0 Å². The lowest BCUT2D eigenvalue weighted by Gasteiger charge is -2.17. The molecule has 1 N–H and O–H groups in total. The van der Waals surface area contributed by atoms with E-state index >= 15 is 0 Å². The monoisotopic (exact) mass is 280 g/mol. The first-order valence-corrected chi connectivity index (χ1v) is 6.83. The third-order valence-electron chi connectivity index (χ3n) is 3.62. The lowest BCUT2D eigenvalue weighted by molar-refractivity contribution is 0.0990. The predicted octanol–water partition coefficient (Wildman–Crippen LogP) is 3.17. The number of Topliss-reactive ketones (excluding diaryl/α,β-unsaturated/α-hetero) is 2. The molecule has 1 aliphatic rings. The fraction of sp³-hybridized carbons (Fsp3) is 0.235. The number of aromatic nitrogens is 2. The van der Waals surface area contributed by atoms with E-state index in [9.17, 15) is 9.59 Å². The molecule has 1 aromatic heterocycles. The summed E-state index contributed by atoms with van der Waals surface area (Å²) in [6, 6.07) is 6.92. The van der Waals surface area contributed by atoms with Gasteiger partial charge < -0.3 is 0 Å². The Kier molecular flexibility index (Phi) is 2.90. The van der Waals surface area contributed by atoms with E-state index in [1.54, 1.807) is 36.5 Å². The summed E-state index contributed by atoms with van der Waals surface area (Å²) in [7, 11) is 0. The SMILES string of the molecule is CC(C)(C)c1[nH]ncc1C=C1C(=O)c2ccccc2C1=O. The second-order valence-corrected chi connectivity index (χ2v) is 6.21. The maximum absolute atomic E-state index is 12.4. The van der Waals surface area contributed by atoms with Crippen LogP contribution in [0.25, 0.3) is 6.08 Å². The lowest BCUT2D eigenvalue weighted by atomic mass is 9.89. The van der Waals surface area contributed by atoms with Gasteiger partial charge in [0.2, 0.25) is 0 Å². The van der Waals surface area contributed by atoms with Crippen LogP contribution in [-0.2, 0) is 5.41 Å². The van der Waals surface area contributed by atoms with Crippen LogP contribution in [0.5, 0.6) is 0 Å². The molecule has 1 heterocycles. The molecular weight excluding hydrogens is 264 g/mol. The van der Waals surface area contributed by atoms with Crippen molar-refractivity contribution in [1.29, 1.82) is 0 Å². The van der Waals surface area contributed by atoms with E-state index in [0.29, 0.717) is 11.1 Å². The summed E-state index contributed by atoms with van der Waals surface area (Å²) in [6.07, 6.45) is 3.30. The Balaban J connectivity index is 2.10. The van der Waals surface area contributed by atoms with Crippen molar-refractivity contribution >= 4 is 17.6 Å². The Hall–Kier alpha value is -2.49. The third-order valence-corrected chi connectivity index (χ3v) is 3.62. The molecule has 4 nitrogen and oxygen atoms in total. The van der Waals surface area contributed by atoms with Gasteiger partial charge in [0.25, 0.3) is 0 Å². The molecule has 4 heteroatoms. The number of carbonyl (C=O) groups excluding carboxylic acids is 2. The van der Waals surface area contributed by atoms with Crippen molar-refractivity contribution in [2.24, 2.45) is 0 Å². The Labute approximate surface area is 122 Å². The van der Waals surface area contributed by atoms with Crippen LogP contribution in [0.1, 0.15) is 52.7 Å². The average Bonchev–Trinajstić information content (AvgIpc) is 2.99. The van der Waals surface area contributed by atoms with Gasteiger partial charge in [-0.15, -0.1) is 0 Å². The minimum atomic E-state index is -0.211. The molecule has 21 heavy (non-hydrogen) atoms. The first kappa shape index (κ1) is 13.5. The van der Waals surface area contributed by atoms with E-state index in [1.807, 2.05) is 0 Å². The van der Waals surface area contributed by atoms with Gasteiger partial charge in [-0.3, -0.25) is 14.7 Å². The number of nitrogens with zero attached hydrogens (tertiary/aromatic N) is 1. The number of benzene rings is 1. The molecule has 3 rings (SSSR count). The molecule has 106 valence electrons. The molecule has 0 unspecified atom stereocenters. The number of hydrogen-bond acceptors (Lipinski definition) is 3. The van der Waals surface area contributed by atoms with Crippen molar-refractivity contribution in [1.82, 2.24) is 10.2 Å². The van der Waals surface area contributed by atoms with Gasteiger partial charge >= 0.3 is 0 Å². The van der Waals surface area contributed by atoms with Gasteiger partial charge in [0, 0.05) is 27.8 Å². The minimum Gasteiger partial charge on any atom is -0.288 e. The second-order valence-electron chi connectivity index (χ2n) is 6.21. The van der Waals surface area contributed by atoms with Crippen LogP contribution in [0, 0.1) is 0 Å². The first-order chi connectivity index (χ1) is 9.89. The fourth-order valence-electron chi connectivity index (χ4n) is 2.56. The molecule has 0 aliphatic heterocycles. The highest BCUT2D eigenvalue weighted by atomic mass is 16.2. The van der Waals surface area contributed by atoms with Gasteiger partial charge in [-0.25, -0.2) is 0 Å². The van der Waals surface area contributed by atoms with Crippen molar-refractivity contribution < 1.29 is 9.59 Å². The zero-order chi connectivity index (χ0) is 15.2. The molecule has 0 bridgehead atoms. The highest BCUT2D eigenvalue weighted by Gasteiger charge is 2.33. The zero-order valence-corrected chi connectivity index (χ0v) is 12.2. The number of carbonyl (C=O) groups is 2. The fourth-order valence-corrected chi connectivity index (χ4v) is 2.56. The van der Waals surface area contributed by atoms with E-state index in [-0.39, 0.29) is 22.6 Å². The predicted molar refractivity (Wildman–Crippen MR) is 80.4 cm³/mol. The molecule has 1 aromatic carbocycles. The Bertz CT molecular complexity index is 739. The number of hydrogen-bond donors (Lipinski definition) is 1. The smallest absolute Gasteiger partial charge is 0.197 e. The van der Waals surface area contributed by atoms with Crippen LogP contribution in [-0.4, -0.2) is 21.8 Å². The third kappa shape index (κ3) is 2.13. The summed E-state index contributed by atoms with van der Waals surface area (Å²) in [5.41, 5.74) is 2.73. The van der Waals surface area contributed by atoms with Crippen LogP contribution in [0.15, 0.2) is 36.0 Å². The van der Waals surface area contributed by atoms with Crippen molar-refractivity contribution in [3.05, 3.63) is 58.4 Å². The Morgan fingerprint density at radius 3 is 2.14 bits per heavy atom. The van der Waals surface area contributed by atoms with Crippen molar-refractivity contribution in [2.75, 3.05) is 0 Å². The molecule has 0 fully saturated rings. The van der Waals surface area contributed by atoms with Crippen LogP contribution in [0.3, 0.4) is 0 Å². The van der Waals surface area contributed by atoms with Crippen LogP contribution in [0.4, 0.5) is 0 Å². The summed E-state index contributed by atoms with van der Waals surface area (Å²) in [6.45, 7) is 6.15. The molecule has 0 amide bonds. The topological polar surface area (TPSA) is 62.8 Å². The highest BCUT2D eigenvalue weighted by molar-refractivity contribution is 6.41. The molecule has 1 aliphatic carbocycles. The van der Waals surface area contributed by atoms with E-state index < -0.39 is 0 Å². The number of allylic oxidation sites excluding steroid dienone is 1. The van der Waals surface area contributed by atoms with Gasteiger partial charge in [-0.1, -0.05) is 45.0 Å². The summed E-state index contributed by atoms with van der Waals surface area (Å²) in [4.78, 5) is 24.7. The Morgan fingerprint density at radius 1 is 1.05 bits per heavy atom. The number of aromatic amines is 1. The molecule has 0 spiro atoms. The van der Waals surface area contributed by atoms with Crippen molar-refractivity contribution in [3.63, 3.8) is 0 Å². The van der Waals surface area contributed by atoms with Gasteiger partial charge in [0.15, 0.2) is 11.6 Å². The number of nitrogens with one attached hydrogen (secondary N) is 1. The second kappa shape index (κ2) is 4.52. The van der Waals surface area contributed by atoms with Crippen molar-refractivity contribution in [3.8, 4) is 0 Å². The largest absolute Gasteiger partial charge is 0.288 e. The number of H-pyrrole nitrogens is 1. The van der Waals surface area contributed by atoms with Gasteiger partial charge in [-0.05, 0) is 6.08 Å². The van der Waals surface area contributed by atoms with E-state index in [4.69, 9.17) is 0 Å². The van der Waals surface area contributed by atoms with Crippen LogP contribution in [0.2, 0.25) is 0 Å². The van der Waals surface area contributed by atoms with Gasteiger partial charge in [0.05, 0.1) is 11.8 Å². The number of rotatable bonds is 1. The average molecular weight is 280 g/mol. The summed E-state index contributed by atoms with van der Waals surface area (Å²) in [5, 5.41) is 6.99. The standard InChI is InChI=1S/C17H16N2O2/c1-17(2,3)16-10(9-18-19-16)8-13-14(20)11-6-4-5-7-12(11)15(13)21/h4-9H,1-3H3,(H,18,19). The maximum atomic E-state index is 12.4. The summed E-state index contributed by atoms with van der Waals surface area (Å²) < 4.78 is 0. The molecule has 0 saturated heterocycles. The maximum Gasteiger partial charge on any atom is 0.197 e. The molecule has 0 radical (unpaired) electrons. The molecular formula is C17H16N2O2. The quantitative estimate of drug-likeness (QED) is 0.644. The lowest BCUT2D eigenvalue weighted by Crippen LogP contribution is -2.13. The van der Waals surface area contributed by atoms with Crippen molar-refractivity contribution in [2.45, 2.75) is 26.2 Å². The van der Waals surface area contributed by atoms with E-state index in [1.165, 1.54) is 0 Å². The van der Waals surface area contributed by atoms with Crippen LogP contribution < -0.4 is 0 Å². The van der Waals surface area contributed by atoms with E-state index in [0.717, 1.165) is 11.3 Å². The van der Waals surface area contributed by atoms with Gasteiger partial charge in [-0.2, -0.15) is 5.10 Å². The number of fused-ring (bicyclic) bond motifs is 1. The molecule has 2 aromatic rings. The molecule has 0 saturated carbocycles.